The number of hydrogen-bond acceptors (Lipinski definition) is 3. The Morgan fingerprint density at radius 1 is 1.82 bits per heavy atom. The largest absolute Gasteiger partial charge is 0.466 e. The zero-order valence-electron chi connectivity index (χ0n) is 6.72. The second-order valence-electron chi connectivity index (χ2n) is 3.41. The molecular weight excluding hydrogens is 142 g/mol. The Kier molecular flexibility index (Phi) is 1.42. The average molecular weight is 155 g/mol. The minimum atomic E-state index is -0.101. The molecule has 3 heteroatoms. The molecule has 2 aliphatic rings. The first kappa shape index (κ1) is 7.10. The van der Waals surface area contributed by atoms with E-state index < -0.39 is 0 Å². The predicted molar refractivity (Wildman–Crippen MR) is 40.0 cm³/mol. The van der Waals surface area contributed by atoms with Crippen molar-refractivity contribution in [1.82, 2.24) is 5.32 Å². The fourth-order valence-corrected chi connectivity index (χ4v) is 1.93. The molecule has 11 heavy (non-hydrogen) atoms. The van der Waals surface area contributed by atoms with Crippen molar-refractivity contribution < 1.29 is 9.53 Å². The fraction of sp³-hybridized carbons (Fsp3) is 0.875. The monoisotopic (exact) mass is 155 g/mol. The van der Waals surface area contributed by atoms with Gasteiger partial charge in [-0.2, -0.15) is 0 Å². The van der Waals surface area contributed by atoms with Gasteiger partial charge in [0.15, 0.2) is 0 Å². The number of nitrogens with one attached hydrogen (secondary N) is 1. The van der Waals surface area contributed by atoms with Crippen LogP contribution in [0.15, 0.2) is 0 Å². The van der Waals surface area contributed by atoms with Crippen molar-refractivity contribution in [2.45, 2.75) is 13.3 Å². The summed E-state index contributed by atoms with van der Waals surface area (Å²) in [5, 5.41) is 3.20. The van der Waals surface area contributed by atoms with E-state index in [4.69, 9.17) is 4.74 Å². The van der Waals surface area contributed by atoms with Gasteiger partial charge in [0, 0.05) is 6.54 Å². The molecule has 0 aromatic rings. The van der Waals surface area contributed by atoms with Crippen molar-refractivity contribution >= 4 is 5.97 Å². The Morgan fingerprint density at radius 2 is 2.64 bits per heavy atom. The molecule has 1 aliphatic heterocycles. The van der Waals surface area contributed by atoms with Crippen LogP contribution in [0.4, 0.5) is 0 Å². The fourth-order valence-electron chi connectivity index (χ4n) is 1.93. The van der Waals surface area contributed by atoms with Gasteiger partial charge in [0.25, 0.3) is 0 Å². The highest BCUT2D eigenvalue weighted by atomic mass is 16.5. The van der Waals surface area contributed by atoms with Gasteiger partial charge in [0.05, 0.1) is 12.0 Å². The Morgan fingerprint density at radius 3 is 3.09 bits per heavy atom. The lowest BCUT2D eigenvalue weighted by molar-refractivity contribution is -0.149. The highest BCUT2D eigenvalue weighted by molar-refractivity contribution is 5.81. The summed E-state index contributed by atoms with van der Waals surface area (Å²) < 4.78 is 4.99. The van der Waals surface area contributed by atoms with Crippen LogP contribution < -0.4 is 5.32 Å². The highest BCUT2D eigenvalue weighted by Crippen LogP contribution is 2.55. The van der Waals surface area contributed by atoms with Crippen LogP contribution in [-0.2, 0) is 9.53 Å². The third kappa shape index (κ3) is 0.872. The number of esters is 1. The highest BCUT2D eigenvalue weighted by Gasteiger charge is 2.63. The van der Waals surface area contributed by atoms with Crippen LogP contribution in [0.5, 0.6) is 0 Å². The van der Waals surface area contributed by atoms with E-state index in [0.29, 0.717) is 12.5 Å². The molecule has 1 N–H and O–H groups in total. The first-order valence-corrected chi connectivity index (χ1v) is 4.17. The molecule has 62 valence electrons. The number of rotatable bonds is 2. The maximum Gasteiger partial charge on any atom is 0.313 e. The topological polar surface area (TPSA) is 38.3 Å². The van der Waals surface area contributed by atoms with E-state index in [0.717, 1.165) is 19.5 Å². The Bertz CT molecular complexity index is 193. The summed E-state index contributed by atoms with van der Waals surface area (Å²) in [5.41, 5.74) is -0.101. The second kappa shape index (κ2) is 2.21. The van der Waals surface area contributed by atoms with E-state index in [2.05, 4.69) is 5.32 Å². The molecule has 1 aliphatic carbocycles. The number of piperidine rings is 1. The van der Waals surface area contributed by atoms with E-state index in [9.17, 15) is 4.79 Å². The van der Waals surface area contributed by atoms with Gasteiger partial charge in [0.1, 0.15) is 0 Å². The lowest BCUT2D eigenvalue weighted by Gasteiger charge is -2.09. The molecule has 0 aromatic heterocycles. The van der Waals surface area contributed by atoms with E-state index in [1.54, 1.807) is 0 Å². The second-order valence-corrected chi connectivity index (χ2v) is 3.41. The number of fused-ring (bicyclic) bond motifs is 1. The van der Waals surface area contributed by atoms with Gasteiger partial charge >= 0.3 is 5.97 Å². The molecule has 3 nitrogen and oxygen atoms in total. The third-order valence-electron chi connectivity index (χ3n) is 2.75. The summed E-state index contributed by atoms with van der Waals surface area (Å²) in [6.07, 6.45) is 1.04. The van der Waals surface area contributed by atoms with Crippen LogP contribution in [-0.4, -0.2) is 25.7 Å². The van der Waals surface area contributed by atoms with Crippen molar-refractivity contribution in [3.8, 4) is 0 Å². The van der Waals surface area contributed by atoms with Crippen molar-refractivity contribution in [2.24, 2.45) is 11.3 Å². The molecule has 0 spiro atoms. The average Bonchev–Trinajstić information content (AvgIpc) is 2.57. The van der Waals surface area contributed by atoms with Crippen molar-refractivity contribution in [2.75, 3.05) is 19.7 Å². The molecule has 0 aromatic carbocycles. The summed E-state index contributed by atoms with van der Waals surface area (Å²) in [4.78, 5) is 11.3. The van der Waals surface area contributed by atoms with Gasteiger partial charge in [0.2, 0.25) is 0 Å². The van der Waals surface area contributed by atoms with Crippen LogP contribution >= 0.6 is 0 Å². The normalized spacial score (nSPS) is 39.9. The molecule has 1 saturated heterocycles. The molecule has 2 atom stereocenters. The lowest BCUT2D eigenvalue weighted by atomic mass is 10.1. The lowest BCUT2D eigenvalue weighted by Crippen LogP contribution is -2.25. The van der Waals surface area contributed by atoms with Gasteiger partial charge < -0.3 is 10.1 Å². The summed E-state index contributed by atoms with van der Waals surface area (Å²) in [6.45, 7) is 4.19. The molecule has 1 heterocycles. The Balaban J connectivity index is 1.99. The van der Waals surface area contributed by atoms with Crippen LogP contribution in [0, 0.1) is 11.3 Å². The van der Waals surface area contributed by atoms with E-state index in [-0.39, 0.29) is 11.4 Å². The summed E-state index contributed by atoms with van der Waals surface area (Å²) >= 11 is 0. The predicted octanol–water partition coefficient (Wildman–Crippen LogP) is 0.159. The zero-order chi connectivity index (χ0) is 7.90. The van der Waals surface area contributed by atoms with Gasteiger partial charge in [-0.3, -0.25) is 4.79 Å². The zero-order valence-corrected chi connectivity index (χ0v) is 6.72. The van der Waals surface area contributed by atoms with Crippen molar-refractivity contribution in [3.05, 3.63) is 0 Å². The quantitative estimate of drug-likeness (QED) is 0.577. The number of carbonyl (C=O) groups excluding carboxylic acids is 1. The molecule has 1 saturated carbocycles. The molecular formula is C8H13NO2. The molecule has 1 unspecified atom stereocenters. The van der Waals surface area contributed by atoms with Crippen LogP contribution in [0.2, 0.25) is 0 Å². The Labute approximate surface area is 66.1 Å². The van der Waals surface area contributed by atoms with Crippen molar-refractivity contribution in [3.63, 3.8) is 0 Å². The maximum absolute atomic E-state index is 11.3. The third-order valence-corrected chi connectivity index (χ3v) is 2.75. The molecule has 2 fully saturated rings. The molecule has 0 bridgehead atoms. The first-order valence-electron chi connectivity index (χ1n) is 4.17. The summed E-state index contributed by atoms with van der Waals surface area (Å²) in [5.74, 6) is 0.580. The van der Waals surface area contributed by atoms with Gasteiger partial charge in [-0.05, 0) is 25.8 Å². The van der Waals surface area contributed by atoms with E-state index in [1.165, 1.54) is 0 Å². The first-order chi connectivity index (χ1) is 5.29. The molecule has 0 radical (unpaired) electrons. The number of carbonyl (C=O) groups is 1. The smallest absolute Gasteiger partial charge is 0.313 e. The minimum Gasteiger partial charge on any atom is -0.466 e. The maximum atomic E-state index is 11.3. The summed E-state index contributed by atoms with van der Waals surface area (Å²) in [6, 6.07) is 0. The Hall–Kier alpha value is -0.570. The number of hydrogen-bond donors (Lipinski definition) is 1. The summed E-state index contributed by atoms with van der Waals surface area (Å²) in [7, 11) is 0. The van der Waals surface area contributed by atoms with Gasteiger partial charge in [-0.15, -0.1) is 0 Å². The molecule has 0 amide bonds. The minimum absolute atomic E-state index is 0.00926. The van der Waals surface area contributed by atoms with Crippen LogP contribution in [0.3, 0.4) is 0 Å². The SMILES string of the molecule is CCOC(=O)[C@@]12CNCC1C2. The molecule has 2 rings (SSSR count). The van der Waals surface area contributed by atoms with Crippen LogP contribution in [0.25, 0.3) is 0 Å². The number of ether oxygens (including phenoxy) is 1. The van der Waals surface area contributed by atoms with E-state index >= 15 is 0 Å². The van der Waals surface area contributed by atoms with Gasteiger partial charge in [-0.25, -0.2) is 0 Å². The van der Waals surface area contributed by atoms with Crippen LogP contribution in [0.1, 0.15) is 13.3 Å². The van der Waals surface area contributed by atoms with E-state index in [1.807, 2.05) is 6.92 Å². The van der Waals surface area contributed by atoms with Gasteiger partial charge in [-0.1, -0.05) is 0 Å². The van der Waals surface area contributed by atoms with Crippen molar-refractivity contribution in [1.29, 1.82) is 0 Å². The standard InChI is InChI=1S/C8H13NO2/c1-2-11-7(10)8-3-6(8)4-9-5-8/h6,9H,2-5H2,1H3/t6?,8-/m0/s1.